The first kappa shape index (κ1) is 18.8. The van der Waals surface area contributed by atoms with E-state index in [9.17, 15) is 9.59 Å². The first-order valence-corrected chi connectivity index (χ1v) is 9.25. The smallest absolute Gasteiger partial charge is 0.276 e. The van der Waals surface area contributed by atoms with Gasteiger partial charge in [-0.25, -0.2) is 0 Å². The molecule has 1 heterocycles. The quantitative estimate of drug-likeness (QED) is 0.624. The minimum Gasteiger partial charge on any atom is -0.321 e. The summed E-state index contributed by atoms with van der Waals surface area (Å²) in [5, 5.41) is 9.76. The van der Waals surface area contributed by atoms with E-state index in [4.69, 9.17) is 0 Å². The number of aromatic nitrogens is 2. The van der Waals surface area contributed by atoms with Gasteiger partial charge in [-0.3, -0.25) is 14.3 Å². The first-order valence-electron chi connectivity index (χ1n) is 8.46. The molecule has 0 saturated heterocycles. The van der Waals surface area contributed by atoms with Crippen molar-refractivity contribution in [2.75, 3.05) is 10.6 Å². The molecular formula is C20H19BrN4O2. The fourth-order valence-corrected chi connectivity index (χ4v) is 2.80. The maximum absolute atomic E-state index is 12.3. The van der Waals surface area contributed by atoms with Gasteiger partial charge in [0, 0.05) is 29.7 Å². The number of rotatable bonds is 6. The molecule has 0 atom stereocenters. The molecule has 0 fully saturated rings. The van der Waals surface area contributed by atoms with E-state index in [-0.39, 0.29) is 17.5 Å². The summed E-state index contributed by atoms with van der Waals surface area (Å²) in [7, 11) is 1.68. The Hall–Kier alpha value is -2.93. The number of nitrogens with one attached hydrogen (secondary N) is 2. The number of halogens is 1. The van der Waals surface area contributed by atoms with Gasteiger partial charge in [0.05, 0.1) is 0 Å². The zero-order chi connectivity index (χ0) is 19.2. The molecule has 138 valence electrons. The predicted octanol–water partition coefficient (Wildman–Crippen LogP) is 4.01. The molecule has 0 radical (unpaired) electrons. The van der Waals surface area contributed by atoms with Crippen LogP contribution in [0.5, 0.6) is 0 Å². The SMILES string of the molecule is Cn1nc(C(=O)Nc2ccc(Br)cc2)cc1NC(=O)CCc1ccccc1. The minimum absolute atomic E-state index is 0.123. The van der Waals surface area contributed by atoms with Crippen molar-refractivity contribution < 1.29 is 9.59 Å². The van der Waals surface area contributed by atoms with E-state index in [1.54, 1.807) is 25.2 Å². The number of amides is 2. The molecule has 2 aromatic carbocycles. The van der Waals surface area contributed by atoms with Gasteiger partial charge < -0.3 is 10.6 Å². The number of anilines is 2. The molecule has 0 saturated carbocycles. The fraction of sp³-hybridized carbons (Fsp3) is 0.150. The summed E-state index contributed by atoms with van der Waals surface area (Å²) < 4.78 is 2.41. The maximum Gasteiger partial charge on any atom is 0.276 e. The van der Waals surface area contributed by atoms with Crippen molar-refractivity contribution in [3.63, 3.8) is 0 Å². The average Bonchev–Trinajstić information content (AvgIpc) is 3.03. The van der Waals surface area contributed by atoms with Crippen LogP contribution in [-0.2, 0) is 18.3 Å². The molecule has 0 bridgehead atoms. The van der Waals surface area contributed by atoms with Gasteiger partial charge in [0.25, 0.3) is 5.91 Å². The predicted molar refractivity (Wildman–Crippen MR) is 109 cm³/mol. The maximum atomic E-state index is 12.3. The number of nitrogens with zero attached hydrogens (tertiary/aromatic N) is 2. The van der Waals surface area contributed by atoms with Gasteiger partial charge in [-0.15, -0.1) is 0 Å². The lowest BCUT2D eigenvalue weighted by molar-refractivity contribution is -0.116. The highest BCUT2D eigenvalue weighted by Crippen LogP contribution is 2.16. The summed E-state index contributed by atoms with van der Waals surface area (Å²) in [4.78, 5) is 24.5. The molecule has 3 aromatic rings. The van der Waals surface area contributed by atoms with Crippen molar-refractivity contribution in [1.82, 2.24) is 9.78 Å². The first-order chi connectivity index (χ1) is 13.0. The van der Waals surface area contributed by atoms with E-state index >= 15 is 0 Å². The Balaban J connectivity index is 1.59. The summed E-state index contributed by atoms with van der Waals surface area (Å²) >= 11 is 3.35. The van der Waals surface area contributed by atoms with Crippen molar-refractivity contribution in [1.29, 1.82) is 0 Å². The Kier molecular flexibility index (Phi) is 6.03. The summed E-state index contributed by atoms with van der Waals surface area (Å²) in [5.41, 5.74) is 2.01. The highest BCUT2D eigenvalue weighted by Gasteiger charge is 2.14. The van der Waals surface area contributed by atoms with Crippen molar-refractivity contribution >= 4 is 39.2 Å². The molecule has 27 heavy (non-hydrogen) atoms. The van der Waals surface area contributed by atoms with Gasteiger partial charge >= 0.3 is 0 Å². The molecule has 7 heteroatoms. The van der Waals surface area contributed by atoms with Crippen molar-refractivity contribution in [2.45, 2.75) is 12.8 Å². The largest absolute Gasteiger partial charge is 0.321 e. The molecule has 2 amide bonds. The van der Waals surface area contributed by atoms with Crippen LogP contribution in [0.15, 0.2) is 65.1 Å². The second kappa shape index (κ2) is 8.64. The van der Waals surface area contributed by atoms with Crippen molar-refractivity contribution in [3.05, 3.63) is 76.4 Å². The second-order valence-electron chi connectivity index (χ2n) is 6.03. The summed E-state index contributed by atoms with van der Waals surface area (Å²) in [6.07, 6.45) is 1.01. The third-order valence-corrected chi connectivity index (χ3v) is 4.49. The number of carbonyl (C=O) groups excluding carboxylic acids is 2. The van der Waals surface area contributed by atoms with Crippen LogP contribution < -0.4 is 10.6 Å². The molecular weight excluding hydrogens is 408 g/mol. The van der Waals surface area contributed by atoms with E-state index in [2.05, 4.69) is 31.7 Å². The third kappa shape index (κ3) is 5.27. The normalized spacial score (nSPS) is 10.4. The van der Waals surface area contributed by atoms with Gasteiger partial charge in [-0.1, -0.05) is 46.3 Å². The highest BCUT2D eigenvalue weighted by molar-refractivity contribution is 9.10. The van der Waals surface area contributed by atoms with Crippen LogP contribution in [0.25, 0.3) is 0 Å². The Morgan fingerprint density at radius 1 is 1.04 bits per heavy atom. The monoisotopic (exact) mass is 426 g/mol. The summed E-state index contributed by atoms with van der Waals surface area (Å²) in [5.74, 6) is 0.0217. The standard InChI is InChI=1S/C20H19BrN4O2/c1-25-18(23-19(26)12-7-14-5-3-2-4-6-14)13-17(24-25)20(27)22-16-10-8-15(21)9-11-16/h2-6,8-11,13H,7,12H2,1H3,(H,22,27)(H,23,26). The average molecular weight is 427 g/mol. The number of carbonyl (C=O) groups is 2. The van der Waals surface area contributed by atoms with Gasteiger partial charge in [0.15, 0.2) is 5.69 Å². The molecule has 0 unspecified atom stereocenters. The van der Waals surface area contributed by atoms with Crippen LogP contribution >= 0.6 is 15.9 Å². The molecule has 3 rings (SSSR count). The number of benzene rings is 2. The number of aryl methyl sites for hydroxylation is 2. The zero-order valence-corrected chi connectivity index (χ0v) is 16.4. The van der Waals surface area contributed by atoms with E-state index in [1.165, 1.54) is 4.68 Å². The highest BCUT2D eigenvalue weighted by atomic mass is 79.9. The minimum atomic E-state index is -0.335. The van der Waals surface area contributed by atoms with E-state index in [1.807, 2.05) is 42.5 Å². The Labute approximate surface area is 165 Å². The Morgan fingerprint density at radius 3 is 2.44 bits per heavy atom. The molecule has 6 nitrogen and oxygen atoms in total. The lowest BCUT2D eigenvalue weighted by Crippen LogP contribution is -2.14. The van der Waals surface area contributed by atoms with E-state index < -0.39 is 0 Å². The van der Waals surface area contributed by atoms with Crippen LogP contribution in [-0.4, -0.2) is 21.6 Å². The van der Waals surface area contributed by atoms with E-state index in [0.717, 1.165) is 10.0 Å². The topological polar surface area (TPSA) is 76.0 Å². The molecule has 0 aliphatic heterocycles. The Bertz CT molecular complexity index is 936. The van der Waals surface area contributed by atoms with Gasteiger partial charge in [-0.05, 0) is 36.2 Å². The Morgan fingerprint density at radius 2 is 1.74 bits per heavy atom. The third-order valence-electron chi connectivity index (χ3n) is 3.97. The molecule has 1 aromatic heterocycles. The van der Waals surface area contributed by atoms with Crippen molar-refractivity contribution in [3.8, 4) is 0 Å². The van der Waals surface area contributed by atoms with Crippen LogP contribution in [0.4, 0.5) is 11.5 Å². The van der Waals surface area contributed by atoms with Gasteiger partial charge in [-0.2, -0.15) is 5.10 Å². The lowest BCUT2D eigenvalue weighted by Gasteiger charge is -2.05. The second-order valence-corrected chi connectivity index (χ2v) is 6.95. The molecule has 0 aliphatic carbocycles. The zero-order valence-electron chi connectivity index (χ0n) is 14.8. The van der Waals surface area contributed by atoms with Crippen LogP contribution in [0, 0.1) is 0 Å². The summed E-state index contributed by atoms with van der Waals surface area (Å²) in [6.45, 7) is 0. The fourth-order valence-electron chi connectivity index (χ4n) is 2.53. The van der Waals surface area contributed by atoms with Crippen LogP contribution in [0.2, 0.25) is 0 Å². The number of hydrogen-bond acceptors (Lipinski definition) is 3. The summed E-state index contributed by atoms with van der Waals surface area (Å²) in [6, 6.07) is 18.6. The van der Waals surface area contributed by atoms with Crippen LogP contribution in [0.3, 0.4) is 0 Å². The lowest BCUT2D eigenvalue weighted by atomic mass is 10.1. The van der Waals surface area contributed by atoms with Gasteiger partial charge in [0.2, 0.25) is 5.91 Å². The van der Waals surface area contributed by atoms with Crippen molar-refractivity contribution in [2.24, 2.45) is 7.05 Å². The molecule has 2 N–H and O–H groups in total. The van der Waals surface area contributed by atoms with Crippen LogP contribution in [0.1, 0.15) is 22.5 Å². The molecule has 0 aliphatic rings. The van der Waals surface area contributed by atoms with Gasteiger partial charge in [0.1, 0.15) is 5.82 Å². The van der Waals surface area contributed by atoms with E-state index in [0.29, 0.717) is 24.3 Å². The molecule has 0 spiro atoms. The number of hydrogen-bond donors (Lipinski definition) is 2.